The minimum absolute atomic E-state index is 0.0622. The van der Waals surface area contributed by atoms with Gasteiger partial charge in [-0.05, 0) is 31.0 Å². The van der Waals surface area contributed by atoms with Crippen LogP contribution in [0.4, 0.5) is 10.5 Å². The Labute approximate surface area is 206 Å². The predicted octanol–water partition coefficient (Wildman–Crippen LogP) is 5.08. The number of benzene rings is 2. The van der Waals surface area contributed by atoms with E-state index >= 15 is 0 Å². The molecule has 0 aliphatic rings. The van der Waals surface area contributed by atoms with Gasteiger partial charge in [0.2, 0.25) is 5.91 Å². The Hall–Kier alpha value is -3.94. The molecule has 1 N–H and O–H groups in total. The van der Waals surface area contributed by atoms with Gasteiger partial charge in [0, 0.05) is 37.0 Å². The standard InChI is InChI=1S/C27H33N3O5/c1-5-13-29(27(32)28-22-14-24(33-3)16-25(15-22)34-4)19-26(31)30(17-21-9-7-6-8-10-21)18-23-12-11-20(2)35-23/h6-12,14-16H,5,13,17-19H2,1-4H3,(H,28,32). The number of nitrogens with one attached hydrogen (secondary N) is 1. The number of carbonyl (C=O) groups is 2. The van der Waals surface area contributed by atoms with Crippen LogP contribution in [0.15, 0.2) is 65.1 Å². The molecule has 0 spiro atoms. The second kappa shape index (κ2) is 12.5. The van der Waals surface area contributed by atoms with Crippen molar-refractivity contribution in [3.63, 3.8) is 0 Å². The number of ether oxygens (including phenoxy) is 2. The average Bonchev–Trinajstić information content (AvgIpc) is 3.28. The smallest absolute Gasteiger partial charge is 0.322 e. The maximum absolute atomic E-state index is 13.4. The SMILES string of the molecule is CCCN(CC(=O)N(Cc1ccccc1)Cc1ccc(C)o1)C(=O)Nc1cc(OC)cc(OC)c1. The second-order valence-corrected chi connectivity index (χ2v) is 8.20. The van der Waals surface area contributed by atoms with Gasteiger partial charge in [-0.3, -0.25) is 4.79 Å². The molecule has 8 heteroatoms. The van der Waals surface area contributed by atoms with Gasteiger partial charge in [-0.1, -0.05) is 37.3 Å². The first-order valence-electron chi connectivity index (χ1n) is 11.6. The fourth-order valence-electron chi connectivity index (χ4n) is 3.66. The molecule has 0 saturated carbocycles. The third-order valence-electron chi connectivity index (χ3n) is 5.42. The quantitative estimate of drug-likeness (QED) is 0.415. The van der Waals surface area contributed by atoms with Gasteiger partial charge in [0.25, 0.3) is 0 Å². The summed E-state index contributed by atoms with van der Waals surface area (Å²) in [7, 11) is 3.09. The molecular weight excluding hydrogens is 446 g/mol. The molecule has 0 fully saturated rings. The van der Waals surface area contributed by atoms with Gasteiger partial charge in [-0.25, -0.2) is 4.79 Å². The van der Waals surface area contributed by atoms with Crippen molar-refractivity contribution in [2.24, 2.45) is 0 Å². The molecule has 0 bridgehead atoms. The molecule has 0 unspecified atom stereocenters. The Balaban J connectivity index is 1.76. The summed E-state index contributed by atoms with van der Waals surface area (Å²) in [5.41, 5.74) is 1.52. The number of methoxy groups -OCH3 is 2. The Morgan fingerprint density at radius 1 is 0.914 bits per heavy atom. The number of aryl methyl sites for hydroxylation is 1. The van der Waals surface area contributed by atoms with Crippen molar-refractivity contribution in [2.75, 3.05) is 32.6 Å². The van der Waals surface area contributed by atoms with Gasteiger partial charge >= 0.3 is 6.03 Å². The molecule has 0 aliphatic carbocycles. The number of urea groups is 1. The lowest BCUT2D eigenvalue weighted by Crippen LogP contribution is -2.44. The molecule has 1 heterocycles. The van der Waals surface area contributed by atoms with Crippen molar-refractivity contribution in [2.45, 2.75) is 33.4 Å². The fourth-order valence-corrected chi connectivity index (χ4v) is 3.66. The van der Waals surface area contributed by atoms with E-state index in [9.17, 15) is 9.59 Å². The van der Waals surface area contributed by atoms with E-state index < -0.39 is 0 Å². The largest absolute Gasteiger partial charge is 0.497 e. The minimum Gasteiger partial charge on any atom is -0.497 e. The molecule has 0 atom stereocenters. The molecule has 3 rings (SSSR count). The number of carbonyl (C=O) groups excluding carboxylic acids is 2. The Morgan fingerprint density at radius 2 is 1.60 bits per heavy atom. The van der Waals surface area contributed by atoms with Crippen LogP contribution in [0.25, 0.3) is 0 Å². The van der Waals surface area contributed by atoms with Crippen LogP contribution in [0, 0.1) is 6.92 Å². The first kappa shape index (κ1) is 25.7. The van der Waals surface area contributed by atoms with E-state index in [1.807, 2.05) is 56.3 Å². The first-order valence-corrected chi connectivity index (χ1v) is 11.6. The molecule has 0 radical (unpaired) electrons. The van der Waals surface area contributed by atoms with Gasteiger partial charge in [-0.15, -0.1) is 0 Å². The van der Waals surface area contributed by atoms with Crippen molar-refractivity contribution >= 4 is 17.6 Å². The first-order chi connectivity index (χ1) is 16.9. The zero-order chi connectivity index (χ0) is 25.2. The molecule has 35 heavy (non-hydrogen) atoms. The van der Waals surface area contributed by atoms with Crippen molar-refractivity contribution in [3.05, 3.63) is 77.7 Å². The van der Waals surface area contributed by atoms with Crippen LogP contribution in [-0.4, -0.2) is 49.0 Å². The second-order valence-electron chi connectivity index (χ2n) is 8.20. The van der Waals surface area contributed by atoms with Gasteiger partial charge in [-0.2, -0.15) is 0 Å². The number of amides is 3. The molecule has 0 aliphatic heterocycles. The average molecular weight is 480 g/mol. The topological polar surface area (TPSA) is 84.3 Å². The van der Waals surface area contributed by atoms with Crippen LogP contribution in [0.5, 0.6) is 11.5 Å². The van der Waals surface area contributed by atoms with Gasteiger partial charge in [0.1, 0.15) is 29.6 Å². The van der Waals surface area contributed by atoms with E-state index in [0.717, 1.165) is 11.3 Å². The highest BCUT2D eigenvalue weighted by atomic mass is 16.5. The van der Waals surface area contributed by atoms with Crippen molar-refractivity contribution in [1.29, 1.82) is 0 Å². The summed E-state index contributed by atoms with van der Waals surface area (Å²) in [5, 5.41) is 2.86. The maximum Gasteiger partial charge on any atom is 0.322 e. The molecule has 0 saturated heterocycles. The molecule has 3 amide bonds. The lowest BCUT2D eigenvalue weighted by molar-refractivity contribution is -0.133. The van der Waals surface area contributed by atoms with Gasteiger partial charge in [0.15, 0.2) is 0 Å². The fraction of sp³-hybridized carbons (Fsp3) is 0.333. The number of furan rings is 1. The monoisotopic (exact) mass is 479 g/mol. The summed E-state index contributed by atoms with van der Waals surface area (Å²) in [4.78, 5) is 29.8. The molecule has 3 aromatic rings. The van der Waals surface area contributed by atoms with Gasteiger partial charge in [0.05, 0.1) is 20.8 Å². The van der Waals surface area contributed by atoms with Gasteiger partial charge < -0.3 is 29.0 Å². The Bertz CT molecular complexity index is 1090. The summed E-state index contributed by atoms with van der Waals surface area (Å²) in [6.07, 6.45) is 0.707. The normalized spacial score (nSPS) is 10.5. The van der Waals surface area contributed by atoms with Crippen LogP contribution < -0.4 is 14.8 Å². The molecule has 2 aromatic carbocycles. The van der Waals surface area contributed by atoms with Crippen LogP contribution in [-0.2, 0) is 17.9 Å². The number of hydrogen-bond donors (Lipinski definition) is 1. The number of rotatable bonds is 11. The Kier molecular flexibility index (Phi) is 9.17. The number of hydrogen-bond acceptors (Lipinski definition) is 5. The zero-order valence-electron chi connectivity index (χ0n) is 20.7. The number of anilines is 1. The lowest BCUT2D eigenvalue weighted by Gasteiger charge is -2.27. The van der Waals surface area contributed by atoms with E-state index in [1.165, 1.54) is 4.90 Å². The van der Waals surface area contributed by atoms with Crippen molar-refractivity contribution in [1.82, 2.24) is 9.80 Å². The molecular formula is C27H33N3O5. The summed E-state index contributed by atoms with van der Waals surface area (Å²) in [5.74, 6) is 2.42. The van der Waals surface area contributed by atoms with E-state index in [1.54, 1.807) is 37.3 Å². The Morgan fingerprint density at radius 3 is 2.17 bits per heavy atom. The summed E-state index contributed by atoms with van der Waals surface area (Å²) in [6.45, 7) is 4.93. The van der Waals surface area contributed by atoms with Crippen molar-refractivity contribution < 1.29 is 23.5 Å². The van der Waals surface area contributed by atoms with E-state index in [-0.39, 0.29) is 18.5 Å². The summed E-state index contributed by atoms with van der Waals surface area (Å²) >= 11 is 0. The van der Waals surface area contributed by atoms with E-state index in [0.29, 0.717) is 49.0 Å². The maximum atomic E-state index is 13.4. The summed E-state index contributed by atoms with van der Waals surface area (Å²) in [6, 6.07) is 18.3. The van der Waals surface area contributed by atoms with Crippen LogP contribution in [0.2, 0.25) is 0 Å². The highest BCUT2D eigenvalue weighted by molar-refractivity contribution is 5.92. The van der Waals surface area contributed by atoms with E-state index in [2.05, 4.69) is 5.32 Å². The van der Waals surface area contributed by atoms with Crippen LogP contribution in [0.1, 0.15) is 30.4 Å². The third-order valence-corrected chi connectivity index (χ3v) is 5.42. The highest BCUT2D eigenvalue weighted by Crippen LogP contribution is 2.26. The zero-order valence-corrected chi connectivity index (χ0v) is 20.7. The van der Waals surface area contributed by atoms with Crippen LogP contribution in [0.3, 0.4) is 0 Å². The summed E-state index contributed by atoms with van der Waals surface area (Å²) < 4.78 is 16.3. The minimum atomic E-state index is -0.371. The molecule has 186 valence electrons. The third kappa shape index (κ3) is 7.53. The predicted molar refractivity (Wildman–Crippen MR) is 135 cm³/mol. The molecule has 1 aromatic heterocycles. The van der Waals surface area contributed by atoms with Crippen molar-refractivity contribution in [3.8, 4) is 11.5 Å². The molecule has 8 nitrogen and oxygen atoms in total. The highest BCUT2D eigenvalue weighted by Gasteiger charge is 2.22. The van der Waals surface area contributed by atoms with E-state index in [4.69, 9.17) is 13.9 Å². The lowest BCUT2D eigenvalue weighted by atomic mass is 10.2. The van der Waals surface area contributed by atoms with Crippen LogP contribution >= 0.6 is 0 Å². The number of nitrogens with zero attached hydrogens (tertiary/aromatic N) is 2.